The van der Waals surface area contributed by atoms with Gasteiger partial charge in [-0.25, -0.2) is 0 Å². The van der Waals surface area contributed by atoms with E-state index in [1.807, 2.05) is 23.1 Å². The molecule has 0 saturated heterocycles. The number of anilines is 2. The summed E-state index contributed by atoms with van der Waals surface area (Å²) in [6.45, 7) is 2.33. The molecular formula is C20H19ClN2O3. The first-order valence-electron chi connectivity index (χ1n) is 8.67. The van der Waals surface area contributed by atoms with Crippen LogP contribution in [0.1, 0.15) is 18.9 Å². The molecular weight excluding hydrogens is 352 g/mol. The summed E-state index contributed by atoms with van der Waals surface area (Å²) < 4.78 is 5.45. The number of carbonyl (C=O) groups is 2. The summed E-state index contributed by atoms with van der Waals surface area (Å²) in [4.78, 5) is 28.6. The summed E-state index contributed by atoms with van der Waals surface area (Å²) >= 11 is 5.99. The van der Waals surface area contributed by atoms with Crippen LogP contribution in [-0.2, 0) is 16.0 Å². The molecule has 2 aliphatic rings. The average Bonchev–Trinajstić information content (AvgIpc) is 2.96. The number of fused-ring (bicyclic) bond motifs is 2. The Kier molecular flexibility index (Phi) is 4.32. The molecule has 0 fully saturated rings. The van der Waals surface area contributed by atoms with E-state index in [1.165, 1.54) is 5.56 Å². The van der Waals surface area contributed by atoms with Crippen LogP contribution in [0.15, 0.2) is 42.5 Å². The number of benzene rings is 2. The molecule has 0 bridgehead atoms. The second-order valence-corrected chi connectivity index (χ2v) is 7.08. The van der Waals surface area contributed by atoms with Gasteiger partial charge in [0.05, 0.1) is 5.69 Å². The van der Waals surface area contributed by atoms with Crippen molar-refractivity contribution in [1.82, 2.24) is 0 Å². The third kappa shape index (κ3) is 2.92. The van der Waals surface area contributed by atoms with Crippen LogP contribution in [0.3, 0.4) is 0 Å². The molecule has 2 aromatic rings. The van der Waals surface area contributed by atoms with Crippen LogP contribution in [-0.4, -0.2) is 31.0 Å². The van der Waals surface area contributed by atoms with Gasteiger partial charge in [-0.05, 0) is 37.1 Å². The van der Waals surface area contributed by atoms with Crippen molar-refractivity contribution in [3.8, 4) is 5.75 Å². The number of carbonyl (C=O) groups excluding carboxylic acids is 2. The van der Waals surface area contributed by atoms with E-state index < -0.39 is 0 Å². The number of rotatable bonds is 3. The van der Waals surface area contributed by atoms with Crippen LogP contribution >= 0.6 is 11.6 Å². The van der Waals surface area contributed by atoms with Crippen LogP contribution in [0.5, 0.6) is 5.75 Å². The van der Waals surface area contributed by atoms with Gasteiger partial charge >= 0.3 is 0 Å². The maximum atomic E-state index is 12.9. The summed E-state index contributed by atoms with van der Waals surface area (Å²) in [6.07, 6.45) is 1.12. The lowest BCUT2D eigenvalue weighted by molar-refractivity contribution is -0.121. The predicted octanol–water partition coefficient (Wildman–Crippen LogP) is 3.43. The Morgan fingerprint density at radius 2 is 2.04 bits per heavy atom. The monoisotopic (exact) mass is 370 g/mol. The van der Waals surface area contributed by atoms with Crippen LogP contribution in [0, 0.1) is 0 Å². The Morgan fingerprint density at radius 1 is 1.23 bits per heavy atom. The fourth-order valence-corrected chi connectivity index (χ4v) is 3.86. The number of hydrogen-bond acceptors (Lipinski definition) is 3. The predicted molar refractivity (Wildman–Crippen MR) is 101 cm³/mol. The van der Waals surface area contributed by atoms with Crippen molar-refractivity contribution in [3.05, 3.63) is 53.1 Å². The molecule has 0 saturated carbocycles. The largest absolute Gasteiger partial charge is 0.482 e. The third-order valence-corrected chi connectivity index (χ3v) is 5.13. The minimum Gasteiger partial charge on any atom is -0.482 e. The summed E-state index contributed by atoms with van der Waals surface area (Å²) in [5.41, 5.74) is 2.83. The third-order valence-electron chi connectivity index (χ3n) is 4.89. The molecule has 2 amide bonds. The van der Waals surface area contributed by atoms with E-state index in [-0.39, 0.29) is 30.9 Å². The molecule has 0 spiro atoms. The molecule has 4 rings (SSSR count). The van der Waals surface area contributed by atoms with Crippen LogP contribution in [0.25, 0.3) is 0 Å². The van der Waals surface area contributed by atoms with Crippen LogP contribution in [0.2, 0.25) is 5.02 Å². The van der Waals surface area contributed by atoms with Crippen molar-refractivity contribution in [2.75, 3.05) is 23.0 Å². The molecule has 26 heavy (non-hydrogen) atoms. The average molecular weight is 371 g/mol. The highest BCUT2D eigenvalue weighted by Crippen LogP contribution is 2.35. The lowest BCUT2D eigenvalue weighted by atomic mass is 10.1. The highest BCUT2D eigenvalue weighted by molar-refractivity contribution is 6.30. The normalized spacial score (nSPS) is 18.4. The summed E-state index contributed by atoms with van der Waals surface area (Å²) in [6, 6.07) is 13.3. The second-order valence-electron chi connectivity index (χ2n) is 6.64. The van der Waals surface area contributed by atoms with Crippen molar-refractivity contribution in [2.24, 2.45) is 0 Å². The molecule has 5 nitrogen and oxygen atoms in total. The first-order valence-corrected chi connectivity index (χ1v) is 9.05. The van der Waals surface area contributed by atoms with Gasteiger partial charge in [-0.15, -0.1) is 0 Å². The lowest BCUT2D eigenvalue weighted by Gasteiger charge is -2.30. The summed E-state index contributed by atoms with van der Waals surface area (Å²) in [5.74, 6) is 0.448. The number of hydrogen-bond donors (Lipinski definition) is 0. The van der Waals surface area contributed by atoms with Crippen LogP contribution < -0.4 is 14.5 Å². The summed E-state index contributed by atoms with van der Waals surface area (Å²) in [7, 11) is 0. The Hall–Kier alpha value is -2.53. The zero-order chi connectivity index (χ0) is 18.3. The van der Waals surface area contributed by atoms with E-state index in [0.29, 0.717) is 23.0 Å². The summed E-state index contributed by atoms with van der Waals surface area (Å²) in [5, 5.41) is 0.552. The molecule has 2 heterocycles. The highest BCUT2D eigenvalue weighted by atomic mass is 35.5. The zero-order valence-corrected chi connectivity index (χ0v) is 15.2. The molecule has 2 aliphatic heterocycles. The smallest absolute Gasteiger partial charge is 0.265 e. The fraction of sp³-hybridized carbons (Fsp3) is 0.300. The minimum absolute atomic E-state index is 0.0252. The van der Waals surface area contributed by atoms with E-state index in [0.717, 1.165) is 12.1 Å². The standard InChI is InChI=1S/C20H19ClN2O3/c1-13-10-14-4-2-3-5-16(14)23(13)19(24)8-9-22-17-7-6-15(21)11-18(17)26-12-20(22)25/h2-7,11,13H,8-10,12H2,1H3/t13-/m1/s1. The zero-order valence-electron chi connectivity index (χ0n) is 14.4. The van der Waals surface area contributed by atoms with E-state index in [2.05, 4.69) is 13.0 Å². The first kappa shape index (κ1) is 16.9. The van der Waals surface area contributed by atoms with Gasteiger partial charge in [-0.3, -0.25) is 9.59 Å². The van der Waals surface area contributed by atoms with Crippen molar-refractivity contribution >= 4 is 34.8 Å². The molecule has 0 aliphatic carbocycles. The SMILES string of the molecule is C[C@@H]1Cc2ccccc2N1C(=O)CCN1C(=O)COc2cc(Cl)ccc21. The van der Waals surface area contributed by atoms with Crippen LogP contribution in [0.4, 0.5) is 11.4 Å². The van der Waals surface area contributed by atoms with Gasteiger partial charge in [-0.2, -0.15) is 0 Å². The molecule has 2 aromatic carbocycles. The molecule has 0 N–H and O–H groups in total. The van der Waals surface area contributed by atoms with Gasteiger partial charge < -0.3 is 14.5 Å². The van der Waals surface area contributed by atoms with Gasteiger partial charge in [0.1, 0.15) is 5.75 Å². The topological polar surface area (TPSA) is 49.9 Å². The maximum absolute atomic E-state index is 12.9. The Morgan fingerprint density at radius 3 is 2.88 bits per heavy atom. The molecule has 0 unspecified atom stereocenters. The Labute approximate surface area is 157 Å². The molecule has 0 aromatic heterocycles. The fourth-order valence-electron chi connectivity index (χ4n) is 3.70. The quantitative estimate of drug-likeness (QED) is 0.831. The Bertz CT molecular complexity index is 883. The van der Waals surface area contributed by atoms with E-state index >= 15 is 0 Å². The van der Waals surface area contributed by atoms with E-state index in [4.69, 9.17) is 16.3 Å². The first-order chi connectivity index (χ1) is 12.5. The van der Waals surface area contributed by atoms with Crippen molar-refractivity contribution in [1.29, 1.82) is 0 Å². The van der Waals surface area contributed by atoms with Gasteiger partial charge in [0.25, 0.3) is 5.91 Å². The number of amides is 2. The number of halogens is 1. The Balaban J connectivity index is 1.51. The molecule has 1 atom stereocenters. The number of nitrogens with zero attached hydrogens (tertiary/aromatic N) is 2. The number of para-hydroxylation sites is 1. The lowest BCUT2D eigenvalue weighted by Crippen LogP contribution is -2.42. The van der Waals surface area contributed by atoms with E-state index in [1.54, 1.807) is 23.1 Å². The van der Waals surface area contributed by atoms with Gasteiger partial charge in [0.15, 0.2) is 6.61 Å². The minimum atomic E-state index is -0.150. The van der Waals surface area contributed by atoms with E-state index in [9.17, 15) is 9.59 Å². The highest BCUT2D eigenvalue weighted by Gasteiger charge is 2.32. The van der Waals surface area contributed by atoms with Gasteiger partial charge in [0.2, 0.25) is 5.91 Å². The molecule has 134 valence electrons. The molecule has 0 radical (unpaired) electrons. The van der Waals surface area contributed by atoms with Gasteiger partial charge in [0, 0.05) is 35.8 Å². The molecule has 6 heteroatoms. The maximum Gasteiger partial charge on any atom is 0.265 e. The van der Waals surface area contributed by atoms with Crippen molar-refractivity contribution in [3.63, 3.8) is 0 Å². The van der Waals surface area contributed by atoms with Crippen molar-refractivity contribution in [2.45, 2.75) is 25.8 Å². The van der Waals surface area contributed by atoms with Crippen molar-refractivity contribution < 1.29 is 14.3 Å². The number of ether oxygens (including phenoxy) is 1. The van der Waals surface area contributed by atoms with Gasteiger partial charge in [-0.1, -0.05) is 29.8 Å². The second kappa shape index (κ2) is 6.65.